The number of carbonyl (C=O) groups is 2. The first-order valence-corrected chi connectivity index (χ1v) is 10.3. The molecule has 0 N–H and O–H groups in total. The summed E-state index contributed by atoms with van der Waals surface area (Å²) < 4.78 is 0. The summed E-state index contributed by atoms with van der Waals surface area (Å²) in [6, 6.07) is 0. The number of carbonyl (C=O) groups excluding carboxylic acids is 2. The van der Waals surface area contributed by atoms with E-state index in [1.807, 2.05) is 9.80 Å². The van der Waals surface area contributed by atoms with Crippen LogP contribution >= 0.6 is 0 Å². The summed E-state index contributed by atoms with van der Waals surface area (Å²) in [7, 11) is 0. The molecule has 1 aliphatic heterocycles. The first-order chi connectivity index (χ1) is 11.7. The molecule has 136 valence electrons. The zero-order valence-corrected chi connectivity index (χ0v) is 15.2. The summed E-state index contributed by atoms with van der Waals surface area (Å²) in [5.74, 6) is 2.18. The van der Waals surface area contributed by atoms with Crippen LogP contribution in [0.2, 0.25) is 0 Å². The monoisotopic (exact) mass is 334 g/mol. The quantitative estimate of drug-likeness (QED) is 0.745. The lowest BCUT2D eigenvalue weighted by Crippen LogP contribution is -2.50. The van der Waals surface area contributed by atoms with Gasteiger partial charge in [-0.15, -0.1) is 0 Å². The van der Waals surface area contributed by atoms with Crippen molar-refractivity contribution in [3.8, 4) is 0 Å². The topological polar surface area (TPSA) is 40.6 Å². The molecule has 2 amide bonds. The minimum absolute atomic E-state index is 0.306. The number of nitrogens with zero attached hydrogens (tertiary/aromatic N) is 2. The Labute approximate surface area is 146 Å². The Hall–Kier alpha value is -1.06. The number of amides is 2. The van der Waals surface area contributed by atoms with Crippen LogP contribution in [0.3, 0.4) is 0 Å². The highest BCUT2D eigenvalue weighted by molar-refractivity contribution is 5.78. The van der Waals surface area contributed by atoms with Crippen LogP contribution in [0.15, 0.2) is 0 Å². The van der Waals surface area contributed by atoms with Crippen molar-refractivity contribution in [3.63, 3.8) is 0 Å². The van der Waals surface area contributed by atoms with Crippen molar-refractivity contribution in [2.24, 2.45) is 11.8 Å². The molecule has 0 bridgehead atoms. The number of hydrogen-bond donors (Lipinski definition) is 0. The van der Waals surface area contributed by atoms with Crippen LogP contribution in [0, 0.1) is 11.8 Å². The van der Waals surface area contributed by atoms with Gasteiger partial charge in [0, 0.05) is 39.0 Å². The second kappa shape index (κ2) is 8.87. The second-order valence-electron chi connectivity index (χ2n) is 8.14. The van der Waals surface area contributed by atoms with Gasteiger partial charge in [0.15, 0.2) is 0 Å². The molecule has 2 aliphatic carbocycles. The molecule has 0 aromatic rings. The number of hydrogen-bond acceptors (Lipinski definition) is 2. The molecule has 0 radical (unpaired) electrons. The van der Waals surface area contributed by atoms with E-state index in [2.05, 4.69) is 0 Å². The maximum atomic E-state index is 12.4. The van der Waals surface area contributed by atoms with E-state index < -0.39 is 0 Å². The van der Waals surface area contributed by atoms with Gasteiger partial charge in [0.25, 0.3) is 0 Å². The van der Waals surface area contributed by atoms with Gasteiger partial charge in [-0.2, -0.15) is 0 Å². The number of piperazine rings is 1. The van der Waals surface area contributed by atoms with E-state index >= 15 is 0 Å². The molecular weight excluding hydrogens is 300 g/mol. The highest BCUT2D eigenvalue weighted by atomic mass is 16.2. The first kappa shape index (κ1) is 17.8. The smallest absolute Gasteiger partial charge is 0.222 e. The summed E-state index contributed by atoms with van der Waals surface area (Å²) >= 11 is 0. The van der Waals surface area contributed by atoms with Gasteiger partial charge >= 0.3 is 0 Å². The van der Waals surface area contributed by atoms with Gasteiger partial charge in [0.2, 0.25) is 11.8 Å². The van der Waals surface area contributed by atoms with E-state index in [1.165, 1.54) is 51.4 Å². The fraction of sp³-hybridized carbons (Fsp3) is 0.900. The Morgan fingerprint density at radius 1 is 0.625 bits per heavy atom. The van der Waals surface area contributed by atoms with Crippen molar-refractivity contribution in [2.75, 3.05) is 26.2 Å². The normalized spacial score (nSPS) is 23.2. The highest BCUT2D eigenvalue weighted by Crippen LogP contribution is 2.29. The largest absolute Gasteiger partial charge is 0.339 e. The van der Waals surface area contributed by atoms with Gasteiger partial charge in [-0.05, 0) is 24.7 Å². The van der Waals surface area contributed by atoms with Crippen LogP contribution in [0.4, 0.5) is 0 Å². The summed E-state index contributed by atoms with van der Waals surface area (Å²) in [6.07, 6.45) is 14.2. The fourth-order valence-electron chi connectivity index (χ4n) is 4.77. The Bertz CT molecular complexity index is 377. The molecule has 24 heavy (non-hydrogen) atoms. The molecule has 1 heterocycles. The SMILES string of the molecule is O=C(CCC1CCCC1)N1CCN(C(=O)CCC2CCCC2)CC1. The predicted octanol–water partition coefficient (Wildman–Crippen LogP) is 3.60. The van der Waals surface area contributed by atoms with Crippen LogP contribution in [0.1, 0.15) is 77.0 Å². The molecule has 0 aromatic carbocycles. The van der Waals surface area contributed by atoms with Gasteiger partial charge in [0.1, 0.15) is 0 Å². The molecule has 1 saturated heterocycles. The van der Waals surface area contributed by atoms with Crippen LogP contribution in [-0.2, 0) is 9.59 Å². The summed E-state index contributed by atoms with van der Waals surface area (Å²) in [4.78, 5) is 28.7. The molecule has 0 spiro atoms. The summed E-state index contributed by atoms with van der Waals surface area (Å²) in [5.41, 5.74) is 0. The van der Waals surface area contributed by atoms with E-state index in [-0.39, 0.29) is 0 Å². The molecule has 3 fully saturated rings. The molecule has 3 aliphatic rings. The Morgan fingerprint density at radius 3 is 1.29 bits per heavy atom. The predicted molar refractivity (Wildman–Crippen MR) is 95.5 cm³/mol. The van der Waals surface area contributed by atoms with Crippen molar-refractivity contribution in [1.29, 1.82) is 0 Å². The average molecular weight is 335 g/mol. The average Bonchev–Trinajstić information content (AvgIpc) is 3.31. The third kappa shape index (κ3) is 4.97. The first-order valence-electron chi connectivity index (χ1n) is 10.3. The maximum Gasteiger partial charge on any atom is 0.222 e. The van der Waals surface area contributed by atoms with Gasteiger partial charge in [0.05, 0.1) is 0 Å². The zero-order valence-electron chi connectivity index (χ0n) is 15.2. The van der Waals surface area contributed by atoms with Crippen molar-refractivity contribution in [2.45, 2.75) is 77.0 Å². The third-order valence-corrected chi connectivity index (χ3v) is 6.47. The number of rotatable bonds is 6. The molecule has 0 aromatic heterocycles. The Morgan fingerprint density at radius 2 is 0.958 bits per heavy atom. The van der Waals surface area contributed by atoms with Crippen LogP contribution in [0.25, 0.3) is 0 Å². The minimum Gasteiger partial charge on any atom is -0.339 e. The van der Waals surface area contributed by atoms with E-state index in [9.17, 15) is 9.59 Å². The van der Waals surface area contributed by atoms with E-state index in [4.69, 9.17) is 0 Å². The maximum absolute atomic E-state index is 12.4. The zero-order chi connectivity index (χ0) is 16.8. The van der Waals surface area contributed by atoms with Crippen molar-refractivity contribution in [1.82, 2.24) is 9.80 Å². The van der Waals surface area contributed by atoms with E-state index in [0.29, 0.717) is 24.7 Å². The lowest BCUT2D eigenvalue weighted by molar-refractivity contribution is -0.139. The Kier molecular flexibility index (Phi) is 6.56. The van der Waals surface area contributed by atoms with E-state index in [0.717, 1.165) is 50.9 Å². The van der Waals surface area contributed by atoms with Crippen molar-refractivity contribution >= 4 is 11.8 Å². The fourth-order valence-corrected chi connectivity index (χ4v) is 4.77. The van der Waals surface area contributed by atoms with E-state index in [1.54, 1.807) is 0 Å². The lowest BCUT2D eigenvalue weighted by Gasteiger charge is -2.35. The third-order valence-electron chi connectivity index (χ3n) is 6.47. The van der Waals surface area contributed by atoms with Crippen LogP contribution in [0.5, 0.6) is 0 Å². The molecule has 4 heteroatoms. The molecule has 2 saturated carbocycles. The van der Waals surface area contributed by atoms with Gasteiger partial charge in [-0.1, -0.05) is 51.4 Å². The van der Waals surface area contributed by atoms with Crippen molar-refractivity contribution < 1.29 is 9.59 Å². The molecule has 0 atom stereocenters. The van der Waals surface area contributed by atoms with Crippen LogP contribution in [-0.4, -0.2) is 47.8 Å². The molecule has 4 nitrogen and oxygen atoms in total. The highest BCUT2D eigenvalue weighted by Gasteiger charge is 2.25. The van der Waals surface area contributed by atoms with Gasteiger partial charge < -0.3 is 9.80 Å². The molecule has 3 rings (SSSR count). The second-order valence-corrected chi connectivity index (χ2v) is 8.14. The Balaban J connectivity index is 1.32. The van der Waals surface area contributed by atoms with Gasteiger partial charge in [-0.25, -0.2) is 0 Å². The summed E-state index contributed by atoms with van der Waals surface area (Å²) in [6.45, 7) is 2.94. The standard InChI is InChI=1S/C20H34N2O2/c23-19(11-9-17-5-1-2-6-17)21-13-15-22(16-14-21)20(24)12-10-18-7-3-4-8-18/h17-18H,1-16H2. The van der Waals surface area contributed by atoms with Crippen molar-refractivity contribution in [3.05, 3.63) is 0 Å². The van der Waals surface area contributed by atoms with Gasteiger partial charge in [-0.3, -0.25) is 9.59 Å². The summed E-state index contributed by atoms with van der Waals surface area (Å²) in [5, 5.41) is 0. The molecular formula is C20H34N2O2. The lowest BCUT2D eigenvalue weighted by atomic mass is 10.0. The minimum atomic E-state index is 0.306. The molecule has 0 unspecified atom stereocenters. The van der Waals surface area contributed by atoms with Crippen LogP contribution < -0.4 is 0 Å².